The lowest BCUT2D eigenvalue weighted by molar-refractivity contribution is -0.121. The van der Waals surface area contributed by atoms with Crippen molar-refractivity contribution in [1.29, 1.82) is 0 Å². The van der Waals surface area contributed by atoms with Crippen LogP contribution in [0.25, 0.3) is 16.7 Å². The van der Waals surface area contributed by atoms with Gasteiger partial charge in [0.25, 0.3) is 5.56 Å². The van der Waals surface area contributed by atoms with Crippen LogP contribution in [0.4, 0.5) is 4.39 Å². The molecule has 1 aliphatic rings. The summed E-state index contributed by atoms with van der Waals surface area (Å²) in [6.45, 7) is 9.89. The van der Waals surface area contributed by atoms with E-state index in [1.807, 2.05) is 20.8 Å². The molecule has 1 aromatic carbocycles. The summed E-state index contributed by atoms with van der Waals surface area (Å²) in [6.07, 6.45) is 4.40. The van der Waals surface area contributed by atoms with Gasteiger partial charge in [-0.3, -0.25) is 14.2 Å². The fraction of sp³-hybridized carbons (Fsp3) is 0.500. The van der Waals surface area contributed by atoms with Crippen molar-refractivity contribution in [1.82, 2.24) is 24.6 Å². The molecule has 1 aliphatic heterocycles. The van der Waals surface area contributed by atoms with Gasteiger partial charge in [-0.15, -0.1) is 0 Å². The van der Waals surface area contributed by atoms with Crippen LogP contribution in [0.2, 0.25) is 0 Å². The van der Waals surface area contributed by atoms with Crippen molar-refractivity contribution >= 4 is 16.9 Å². The number of pyridine rings is 1. The second-order valence-corrected chi connectivity index (χ2v) is 9.08. The van der Waals surface area contributed by atoms with E-state index in [2.05, 4.69) is 15.3 Å². The normalized spacial score (nSPS) is 14.6. The van der Waals surface area contributed by atoms with Crippen LogP contribution < -0.4 is 10.9 Å². The predicted octanol–water partition coefficient (Wildman–Crippen LogP) is 3.50. The van der Waals surface area contributed by atoms with E-state index in [-0.39, 0.29) is 23.7 Å². The molecule has 4 rings (SSSR count). The summed E-state index contributed by atoms with van der Waals surface area (Å²) < 4.78 is 17.2. The van der Waals surface area contributed by atoms with Crippen molar-refractivity contribution in [2.24, 2.45) is 0 Å². The van der Waals surface area contributed by atoms with Crippen molar-refractivity contribution < 1.29 is 9.18 Å². The van der Waals surface area contributed by atoms with Crippen molar-refractivity contribution in [2.75, 3.05) is 26.2 Å². The highest BCUT2D eigenvalue weighted by molar-refractivity contribution is 5.85. The maximum absolute atomic E-state index is 13.9. The summed E-state index contributed by atoms with van der Waals surface area (Å²) in [4.78, 5) is 28.3. The van der Waals surface area contributed by atoms with E-state index in [4.69, 9.17) is 0 Å². The number of rotatable bonds is 8. The van der Waals surface area contributed by atoms with Gasteiger partial charge >= 0.3 is 0 Å². The number of hydrogen-bond acceptors (Lipinski definition) is 4. The van der Waals surface area contributed by atoms with E-state index in [0.29, 0.717) is 36.4 Å². The largest absolute Gasteiger partial charge is 0.355 e. The Morgan fingerprint density at radius 2 is 1.94 bits per heavy atom. The minimum atomic E-state index is -0.358. The zero-order valence-corrected chi connectivity index (χ0v) is 20.4. The standard InChI is InChI=1S/C26H34FN5O2/c1-4-31-25-24(19(3)29-32(25)21-10-8-9-20(27)17-21)18(2)22(26(31)34)11-12-23(33)28-13-16-30-14-6-5-7-15-30/h8-10,17H,4-7,11-16H2,1-3H3,(H,28,33). The Morgan fingerprint density at radius 1 is 1.18 bits per heavy atom. The first-order chi connectivity index (χ1) is 16.4. The Kier molecular flexibility index (Phi) is 7.46. The third-order valence-electron chi connectivity index (χ3n) is 6.79. The molecule has 2 aromatic heterocycles. The summed E-state index contributed by atoms with van der Waals surface area (Å²) in [5.74, 6) is -0.394. The Hall–Kier alpha value is -3.00. The molecule has 0 atom stereocenters. The lowest BCUT2D eigenvalue weighted by Gasteiger charge is -2.26. The topological polar surface area (TPSA) is 72.2 Å². The third-order valence-corrected chi connectivity index (χ3v) is 6.79. The van der Waals surface area contributed by atoms with Gasteiger partial charge in [-0.2, -0.15) is 5.10 Å². The van der Waals surface area contributed by atoms with Crippen molar-refractivity contribution in [3.63, 3.8) is 0 Å². The highest BCUT2D eigenvalue weighted by Crippen LogP contribution is 2.26. The number of amides is 1. The molecule has 8 heteroatoms. The molecule has 0 aliphatic carbocycles. The molecule has 1 N–H and O–H groups in total. The first kappa shape index (κ1) is 24.1. The zero-order chi connectivity index (χ0) is 24.2. The number of likely N-dealkylation sites (tertiary alicyclic amines) is 1. The van der Waals surface area contributed by atoms with Gasteiger partial charge in [0.05, 0.1) is 11.4 Å². The van der Waals surface area contributed by atoms with Gasteiger partial charge in [-0.25, -0.2) is 9.07 Å². The van der Waals surface area contributed by atoms with E-state index < -0.39 is 0 Å². The molecule has 0 radical (unpaired) electrons. The number of halogens is 1. The predicted molar refractivity (Wildman–Crippen MR) is 132 cm³/mol. The molecule has 3 aromatic rings. The Bertz CT molecular complexity index is 1240. The highest BCUT2D eigenvalue weighted by atomic mass is 19.1. The van der Waals surface area contributed by atoms with Gasteiger partial charge < -0.3 is 10.2 Å². The number of carbonyl (C=O) groups excluding carboxylic acids is 1. The van der Waals surface area contributed by atoms with Crippen LogP contribution in [0.1, 0.15) is 49.4 Å². The zero-order valence-electron chi connectivity index (χ0n) is 20.4. The number of nitrogens with one attached hydrogen (secondary N) is 1. The van der Waals surface area contributed by atoms with E-state index in [9.17, 15) is 14.0 Å². The van der Waals surface area contributed by atoms with Gasteiger partial charge in [0.15, 0.2) is 0 Å². The van der Waals surface area contributed by atoms with E-state index in [0.717, 1.165) is 36.3 Å². The number of aromatic nitrogens is 3. The van der Waals surface area contributed by atoms with Crippen LogP contribution in [-0.4, -0.2) is 51.3 Å². The quantitative estimate of drug-likeness (QED) is 0.551. The molecule has 34 heavy (non-hydrogen) atoms. The Balaban J connectivity index is 1.56. The third kappa shape index (κ3) is 4.92. The van der Waals surface area contributed by atoms with Crippen molar-refractivity contribution in [2.45, 2.75) is 59.4 Å². The van der Waals surface area contributed by atoms with Gasteiger partial charge in [-0.05, 0) is 76.9 Å². The molecule has 1 fully saturated rings. The summed E-state index contributed by atoms with van der Waals surface area (Å²) in [7, 11) is 0. The van der Waals surface area contributed by atoms with Gasteiger partial charge in [0.1, 0.15) is 11.5 Å². The lowest BCUT2D eigenvalue weighted by atomic mass is 10.0. The Labute approximate surface area is 199 Å². The second-order valence-electron chi connectivity index (χ2n) is 9.08. The van der Waals surface area contributed by atoms with Crippen LogP contribution in [0, 0.1) is 19.7 Å². The summed E-state index contributed by atoms with van der Waals surface area (Å²) in [5, 5.41) is 8.53. The molecule has 0 bridgehead atoms. The maximum atomic E-state index is 13.9. The number of benzene rings is 1. The molecule has 1 amide bonds. The summed E-state index contributed by atoms with van der Waals surface area (Å²) >= 11 is 0. The smallest absolute Gasteiger partial charge is 0.255 e. The molecular weight excluding hydrogens is 433 g/mol. The first-order valence-corrected chi connectivity index (χ1v) is 12.3. The number of carbonyl (C=O) groups is 1. The fourth-order valence-corrected chi connectivity index (χ4v) is 5.01. The molecule has 0 unspecified atom stereocenters. The minimum Gasteiger partial charge on any atom is -0.355 e. The second kappa shape index (κ2) is 10.5. The van der Waals surface area contributed by atoms with Gasteiger partial charge in [-0.1, -0.05) is 12.5 Å². The number of hydrogen-bond donors (Lipinski definition) is 1. The van der Waals surface area contributed by atoms with Crippen LogP contribution in [0.15, 0.2) is 29.1 Å². The van der Waals surface area contributed by atoms with Crippen LogP contribution in [0.5, 0.6) is 0 Å². The fourth-order valence-electron chi connectivity index (χ4n) is 5.01. The maximum Gasteiger partial charge on any atom is 0.255 e. The SMILES string of the molecule is CCn1c(=O)c(CCC(=O)NCCN2CCCCC2)c(C)c2c(C)nn(-c3cccc(F)c3)c21. The number of fused-ring (bicyclic) bond motifs is 1. The van der Waals surface area contributed by atoms with E-state index in [1.165, 1.54) is 31.4 Å². The first-order valence-electron chi connectivity index (χ1n) is 12.3. The van der Waals surface area contributed by atoms with Gasteiger partial charge in [0.2, 0.25) is 5.91 Å². The lowest BCUT2D eigenvalue weighted by Crippen LogP contribution is -2.37. The van der Waals surface area contributed by atoms with Gasteiger partial charge in [0, 0.05) is 37.0 Å². The number of aryl methyl sites for hydroxylation is 3. The molecule has 3 heterocycles. The van der Waals surface area contributed by atoms with Crippen LogP contribution in [-0.2, 0) is 17.8 Å². The molecule has 1 saturated heterocycles. The molecule has 182 valence electrons. The average Bonchev–Trinajstić information content (AvgIpc) is 3.17. The van der Waals surface area contributed by atoms with E-state index in [1.54, 1.807) is 21.4 Å². The van der Waals surface area contributed by atoms with E-state index >= 15 is 0 Å². The molecular formula is C26H34FN5O2. The highest BCUT2D eigenvalue weighted by Gasteiger charge is 2.21. The molecule has 0 spiro atoms. The number of piperidine rings is 1. The van der Waals surface area contributed by atoms with Crippen LogP contribution >= 0.6 is 0 Å². The molecule has 7 nitrogen and oxygen atoms in total. The van der Waals surface area contributed by atoms with Crippen molar-refractivity contribution in [3.8, 4) is 5.69 Å². The monoisotopic (exact) mass is 467 g/mol. The summed E-state index contributed by atoms with van der Waals surface area (Å²) in [5.41, 5.74) is 3.36. The molecule has 0 saturated carbocycles. The summed E-state index contributed by atoms with van der Waals surface area (Å²) in [6, 6.07) is 6.20. The van der Waals surface area contributed by atoms with Crippen LogP contribution in [0.3, 0.4) is 0 Å². The number of nitrogens with zero attached hydrogens (tertiary/aromatic N) is 4. The minimum absolute atomic E-state index is 0.0360. The Morgan fingerprint density at radius 3 is 2.65 bits per heavy atom. The van der Waals surface area contributed by atoms with Crippen molar-refractivity contribution in [3.05, 3.63) is 57.3 Å². The average molecular weight is 468 g/mol.